The van der Waals surface area contributed by atoms with Crippen LogP contribution in [0.1, 0.15) is 57.8 Å². The van der Waals surface area contributed by atoms with E-state index in [1.165, 1.54) is 30.7 Å². The van der Waals surface area contributed by atoms with E-state index in [4.69, 9.17) is 0 Å². The Morgan fingerprint density at radius 1 is 0.840 bits per heavy atom. The van der Waals surface area contributed by atoms with E-state index in [9.17, 15) is 18.0 Å². The lowest BCUT2D eigenvalue weighted by Gasteiger charge is -2.21. The van der Waals surface area contributed by atoms with Crippen LogP contribution in [0, 0.1) is 0 Å². The first-order chi connectivity index (χ1) is 12.0. The fraction of sp³-hybridized carbons (Fsp3) is 0.556. The van der Waals surface area contributed by atoms with Gasteiger partial charge in [0.15, 0.2) is 0 Å². The zero-order chi connectivity index (χ0) is 17.9. The summed E-state index contributed by atoms with van der Waals surface area (Å²) in [5.41, 5.74) is 0.428. The highest BCUT2D eigenvalue weighted by molar-refractivity contribution is 7.89. The van der Waals surface area contributed by atoms with Gasteiger partial charge in [0, 0.05) is 18.9 Å². The van der Waals surface area contributed by atoms with Crippen molar-refractivity contribution < 1.29 is 18.0 Å². The first-order valence-electron chi connectivity index (χ1n) is 8.95. The number of hydrogen-bond donors (Lipinski definition) is 1. The van der Waals surface area contributed by atoms with E-state index in [0.717, 1.165) is 43.4 Å². The highest BCUT2D eigenvalue weighted by atomic mass is 32.2. The van der Waals surface area contributed by atoms with E-state index in [0.29, 0.717) is 5.69 Å². The van der Waals surface area contributed by atoms with Crippen molar-refractivity contribution in [2.24, 2.45) is 0 Å². The molecule has 1 aliphatic heterocycles. The monoisotopic (exact) mass is 364 g/mol. The number of sulfonamides is 1. The molecule has 6 nitrogen and oxygen atoms in total. The fourth-order valence-corrected chi connectivity index (χ4v) is 4.81. The minimum Gasteiger partial charge on any atom is -0.274 e. The predicted molar refractivity (Wildman–Crippen MR) is 94.6 cm³/mol. The topological polar surface area (TPSA) is 83.6 Å². The number of nitrogens with one attached hydrogen (secondary N) is 1. The lowest BCUT2D eigenvalue weighted by Crippen LogP contribution is -2.35. The lowest BCUT2D eigenvalue weighted by atomic mass is 9.97. The van der Waals surface area contributed by atoms with Gasteiger partial charge in [0.25, 0.3) is 0 Å². The molecule has 0 atom stereocenters. The molecule has 1 heterocycles. The Bertz CT molecular complexity index is 719. The number of benzene rings is 1. The minimum atomic E-state index is -3.59. The van der Waals surface area contributed by atoms with Crippen molar-refractivity contribution >= 4 is 27.5 Å². The zero-order valence-corrected chi connectivity index (χ0v) is 15.1. The van der Waals surface area contributed by atoms with Crippen molar-refractivity contribution in [3.05, 3.63) is 24.3 Å². The van der Waals surface area contributed by atoms with E-state index in [2.05, 4.69) is 4.72 Å². The number of nitrogens with zero attached hydrogens (tertiary/aromatic N) is 1. The fourth-order valence-electron chi connectivity index (χ4n) is 3.50. The normalized spacial score (nSPS) is 20.6. The van der Waals surface area contributed by atoms with Crippen molar-refractivity contribution in [2.75, 3.05) is 4.90 Å². The van der Waals surface area contributed by atoms with Gasteiger partial charge in [0.1, 0.15) is 0 Å². The van der Waals surface area contributed by atoms with E-state index < -0.39 is 10.0 Å². The number of amides is 2. The van der Waals surface area contributed by atoms with Crippen LogP contribution in [-0.4, -0.2) is 26.3 Å². The van der Waals surface area contributed by atoms with Crippen molar-refractivity contribution in [2.45, 2.75) is 68.7 Å². The number of carbonyl (C=O) groups is 2. The molecule has 25 heavy (non-hydrogen) atoms. The van der Waals surface area contributed by atoms with Crippen LogP contribution in [0.4, 0.5) is 5.69 Å². The molecule has 7 heteroatoms. The summed E-state index contributed by atoms with van der Waals surface area (Å²) < 4.78 is 28.0. The van der Waals surface area contributed by atoms with Crippen LogP contribution in [-0.2, 0) is 19.6 Å². The molecule has 0 radical (unpaired) electrons. The van der Waals surface area contributed by atoms with Crippen molar-refractivity contribution in [1.29, 1.82) is 0 Å². The molecule has 0 bridgehead atoms. The molecule has 136 valence electrons. The molecule has 1 N–H and O–H groups in total. The molecule has 1 aliphatic carbocycles. The van der Waals surface area contributed by atoms with Gasteiger partial charge >= 0.3 is 0 Å². The van der Waals surface area contributed by atoms with Crippen molar-refractivity contribution in [3.63, 3.8) is 0 Å². The number of imide groups is 1. The van der Waals surface area contributed by atoms with E-state index >= 15 is 0 Å². The van der Waals surface area contributed by atoms with E-state index in [1.54, 1.807) is 0 Å². The van der Waals surface area contributed by atoms with Crippen LogP contribution in [0.25, 0.3) is 0 Å². The summed E-state index contributed by atoms with van der Waals surface area (Å²) in [5, 5.41) is 0. The highest BCUT2D eigenvalue weighted by Crippen LogP contribution is 2.25. The third-order valence-electron chi connectivity index (χ3n) is 4.88. The molecule has 1 saturated carbocycles. The Kier molecular flexibility index (Phi) is 5.54. The lowest BCUT2D eigenvalue weighted by molar-refractivity contribution is -0.121. The van der Waals surface area contributed by atoms with Gasteiger partial charge in [0.05, 0.1) is 10.6 Å². The minimum absolute atomic E-state index is 0.0216. The molecule has 3 rings (SSSR count). The summed E-state index contributed by atoms with van der Waals surface area (Å²) in [5.74, 6) is -0.485. The van der Waals surface area contributed by atoms with Crippen LogP contribution in [0.3, 0.4) is 0 Å². The third kappa shape index (κ3) is 4.27. The van der Waals surface area contributed by atoms with Gasteiger partial charge in [0.2, 0.25) is 21.8 Å². The molecule has 0 spiro atoms. The van der Waals surface area contributed by atoms with E-state index in [1.807, 2.05) is 0 Å². The van der Waals surface area contributed by atoms with Gasteiger partial charge in [-0.3, -0.25) is 14.5 Å². The number of hydrogen-bond acceptors (Lipinski definition) is 4. The highest BCUT2D eigenvalue weighted by Gasteiger charge is 2.30. The average Bonchev–Trinajstić information content (AvgIpc) is 2.89. The molecule has 2 fully saturated rings. The second-order valence-corrected chi connectivity index (χ2v) is 8.49. The molecule has 2 amide bonds. The number of carbonyl (C=O) groups excluding carboxylic acids is 2. The van der Waals surface area contributed by atoms with Crippen LogP contribution in [0.2, 0.25) is 0 Å². The Balaban J connectivity index is 1.71. The van der Waals surface area contributed by atoms with Crippen LogP contribution < -0.4 is 9.62 Å². The number of rotatable bonds is 4. The Labute approximate surface area is 148 Å². The molecular formula is C18H24N2O4S. The maximum absolute atomic E-state index is 12.6. The Morgan fingerprint density at radius 3 is 1.92 bits per heavy atom. The van der Waals surface area contributed by atoms with E-state index in [-0.39, 0.29) is 35.6 Å². The van der Waals surface area contributed by atoms with Gasteiger partial charge in [-0.25, -0.2) is 13.1 Å². The summed E-state index contributed by atoms with van der Waals surface area (Å²) in [7, 11) is -3.59. The molecule has 2 aliphatic rings. The summed E-state index contributed by atoms with van der Waals surface area (Å²) >= 11 is 0. The number of anilines is 1. The molecule has 1 aromatic carbocycles. The maximum Gasteiger partial charge on any atom is 0.240 e. The summed E-state index contributed by atoms with van der Waals surface area (Å²) in [4.78, 5) is 24.8. The van der Waals surface area contributed by atoms with Gasteiger partial charge in [-0.15, -0.1) is 0 Å². The van der Waals surface area contributed by atoms with Crippen molar-refractivity contribution in [1.82, 2.24) is 4.72 Å². The van der Waals surface area contributed by atoms with Crippen LogP contribution in [0.15, 0.2) is 29.2 Å². The quantitative estimate of drug-likeness (QED) is 0.833. The summed E-state index contributed by atoms with van der Waals surface area (Å²) in [6.07, 6.45) is 7.80. The molecule has 0 unspecified atom stereocenters. The predicted octanol–water partition coefficient (Wildman–Crippen LogP) is 2.73. The maximum atomic E-state index is 12.6. The van der Waals surface area contributed by atoms with Gasteiger partial charge in [-0.1, -0.05) is 32.1 Å². The first kappa shape index (κ1) is 18.1. The van der Waals surface area contributed by atoms with Crippen molar-refractivity contribution in [3.8, 4) is 0 Å². The van der Waals surface area contributed by atoms with Gasteiger partial charge in [-0.05, 0) is 37.1 Å². The molecule has 1 aromatic rings. The summed E-state index contributed by atoms with van der Waals surface area (Å²) in [6.45, 7) is 0. The smallest absolute Gasteiger partial charge is 0.240 e. The molecular weight excluding hydrogens is 340 g/mol. The zero-order valence-electron chi connectivity index (χ0n) is 14.2. The standard InChI is InChI=1S/C18H24N2O4S/c21-17-12-13-18(22)20(17)15-8-10-16(11-9-15)25(23,24)19-14-6-4-2-1-3-5-7-14/h8-11,14,19H,1-7,12-13H2. The largest absolute Gasteiger partial charge is 0.274 e. The van der Waals surface area contributed by atoms with Crippen LogP contribution >= 0.6 is 0 Å². The SMILES string of the molecule is O=C1CCC(=O)N1c1ccc(S(=O)(=O)NC2CCCCCCC2)cc1. The summed E-state index contributed by atoms with van der Waals surface area (Å²) in [6, 6.07) is 5.94. The second kappa shape index (κ2) is 7.66. The van der Waals surface area contributed by atoms with Crippen LogP contribution in [0.5, 0.6) is 0 Å². The third-order valence-corrected chi connectivity index (χ3v) is 6.42. The first-order valence-corrected chi connectivity index (χ1v) is 10.4. The Hall–Kier alpha value is -1.73. The van der Waals surface area contributed by atoms with Gasteiger partial charge in [-0.2, -0.15) is 0 Å². The molecule has 0 aromatic heterocycles. The average molecular weight is 364 g/mol. The second-order valence-electron chi connectivity index (χ2n) is 6.78. The van der Waals surface area contributed by atoms with Gasteiger partial charge < -0.3 is 0 Å². The Morgan fingerprint density at radius 2 is 1.36 bits per heavy atom. The molecule has 1 saturated heterocycles.